The predicted octanol–water partition coefficient (Wildman–Crippen LogP) is 1.32. The van der Waals surface area contributed by atoms with Gasteiger partial charge in [0.05, 0.1) is 16.6 Å². The van der Waals surface area contributed by atoms with Crippen molar-refractivity contribution in [1.29, 1.82) is 0 Å². The largest absolute Gasteiger partial charge is 0.478 e. The minimum absolute atomic E-state index is 0.0581. The molecule has 0 saturated carbocycles. The lowest BCUT2D eigenvalue weighted by atomic mass is 10.1. The van der Waals surface area contributed by atoms with Crippen molar-refractivity contribution in [2.24, 2.45) is 0 Å². The van der Waals surface area contributed by atoms with Crippen molar-refractivity contribution in [2.75, 3.05) is 26.0 Å². The highest BCUT2D eigenvalue weighted by atomic mass is 19.1. The van der Waals surface area contributed by atoms with Crippen molar-refractivity contribution in [2.45, 2.75) is 6.42 Å². The second kappa shape index (κ2) is 6.64. The molecule has 1 aromatic rings. The van der Waals surface area contributed by atoms with E-state index in [9.17, 15) is 24.1 Å². The van der Waals surface area contributed by atoms with E-state index in [1.807, 2.05) is 0 Å². The molecule has 0 radical (unpaired) electrons. The van der Waals surface area contributed by atoms with E-state index in [1.165, 1.54) is 4.90 Å². The molecular formula is C12H14FN3O5. The monoisotopic (exact) mass is 299 g/mol. The highest BCUT2D eigenvalue weighted by molar-refractivity contribution is 5.90. The van der Waals surface area contributed by atoms with Gasteiger partial charge in [-0.25, -0.2) is 9.18 Å². The topological polar surface area (TPSA) is 113 Å². The molecule has 0 aliphatic heterocycles. The second-order valence-electron chi connectivity index (χ2n) is 4.38. The van der Waals surface area contributed by atoms with Crippen LogP contribution >= 0.6 is 0 Å². The number of carboxylic acid groups (broad SMARTS) is 1. The molecular weight excluding hydrogens is 285 g/mol. The number of carboxylic acids is 1. The van der Waals surface area contributed by atoms with Gasteiger partial charge in [0.25, 0.3) is 5.69 Å². The van der Waals surface area contributed by atoms with Crippen LogP contribution in [-0.2, 0) is 4.79 Å². The minimum Gasteiger partial charge on any atom is -0.478 e. The lowest BCUT2D eigenvalue weighted by molar-refractivity contribution is -0.384. The molecule has 0 heterocycles. The van der Waals surface area contributed by atoms with Gasteiger partial charge in [0, 0.05) is 27.1 Å². The van der Waals surface area contributed by atoms with Crippen LogP contribution in [0.1, 0.15) is 16.8 Å². The van der Waals surface area contributed by atoms with Gasteiger partial charge in [-0.15, -0.1) is 0 Å². The standard InChI is InChI=1S/C12H14FN3O5/c1-15(2)11(17)3-4-14-9-5-7(12(18)19)8(13)6-10(9)16(20)21/h5-6,14H,3-4H2,1-2H3,(H,18,19). The summed E-state index contributed by atoms with van der Waals surface area (Å²) in [5.41, 5.74) is -1.41. The molecule has 1 rings (SSSR count). The number of aromatic carboxylic acids is 1. The zero-order valence-electron chi connectivity index (χ0n) is 11.4. The van der Waals surface area contributed by atoms with Gasteiger partial charge in [-0.3, -0.25) is 14.9 Å². The summed E-state index contributed by atoms with van der Waals surface area (Å²) in [6.07, 6.45) is 0.0595. The summed E-state index contributed by atoms with van der Waals surface area (Å²) in [4.78, 5) is 33.6. The number of rotatable bonds is 6. The summed E-state index contributed by atoms with van der Waals surface area (Å²) < 4.78 is 13.4. The number of benzene rings is 1. The Balaban J connectivity index is 2.98. The van der Waals surface area contributed by atoms with Gasteiger partial charge in [0.15, 0.2) is 0 Å². The molecule has 9 heteroatoms. The van der Waals surface area contributed by atoms with E-state index in [0.717, 1.165) is 6.07 Å². The number of nitrogens with one attached hydrogen (secondary N) is 1. The van der Waals surface area contributed by atoms with Crippen LogP contribution in [0.5, 0.6) is 0 Å². The number of carbonyl (C=O) groups is 2. The fourth-order valence-electron chi connectivity index (χ4n) is 1.55. The quantitative estimate of drug-likeness (QED) is 0.605. The maximum absolute atomic E-state index is 13.4. The summed E-state index contributed by atoms with van der Waals surface area (Å²) in [5, 5.41) is 22.2. The van der Waals surface area contributed by atoms with Crippen molar-refractivity contribution in [3.63, 3.8) is 0 Å². The molecule has 21 heavy (non-hydrogen) atoms. The lowest BCUT2D eigenvalue weighted by Crippen LogP contribution is -2.24. The molecule has 114 valence electrons. The van der Waals surface area contributed by atoms with Crippen LogP contribution in [0.25, 0.3) is 0 Å². The first-order chi connectivity index (χ1) is 9.73. The third kappa shape index (κ3) is 4.13. The Morgan fingerprint density at radius 1 is 1.43 bits per heavy atom. The summed E-state index contributed by atoms with van der Waals surface area (Å²) in [5.74, 6) is -2.93. The molecule has 1 amide bonds. The molecule has 1 aromatic carbocycles. The van der Waals surface area contributed by atoms with Gasteiger partial charge in [0.2, 0.25) is 5.91 Å². The zero-order chi connectivity index (χ0) is 16.2. The van der Waals surface area contributed by atoms with Crippen molar-refractivity contribution < 1.29 is 24.0 Å². The minimum atomic E-state index is -1.53. The van der Waals surface area contributed by atoms with E-state index in [1.54, 1.807) is 14.1 Å². The fraction of sp³-hybridized carbons (Fsp3) is 0.333. The number of anilines is 1. The summed E-state index contributed by atoms with van der Waals surface area (Å²) in [6.45, 7) is 0.0581. The Labute approximate surface area is 119 Å². The molecule has 0 spiro atoms. The molecule has 0 fully saturated rings. The highest BCUT2D eigenvalue weighted by Crippen LogP contribution is 2.27. The number of hydrogen-bond acceptors (Lipinski definition) is 5. The van der Waals surface area contributed by atoms with E-state index < -0.39 is 28.0 Å². The van der Waals surface area contributed by atoms with Gasteiger partial charge in [-0.1, -0.05) is 0 Å². The smallest absolute Gasteiger partial charge is 0.338 e. The Morgan fingerprint density at radius 2 is 2.05 bits per heavy atom. The molecule has 0 unspecified atom stereocenters. The Hall–Kier alpha value is -2.71. The van der Waals surface area contributed by atoms with Crippen molar-refractivity contribution >= 4 is 23.3 Å². The molecule has 0 aliphatic carbocycles. The first-order valence-corrected chi connectivity index (χ1v) is 5.89. The van der Waals surface area contributed by atoms with E-state index in [-0.39, 0.29) is 24.6 Å². The van der Waals surface area contributed by atoms with E-state index in [2.05, 4.69) is 5.32 Å². The average molecular weight is 299 g/mol. The Bertz CT molecular complexity index is 589. The van der Waals surface area contributed by atoms with Crippen LogP contribution in [0.2, 0.25) is 0 Å². The summed E-state index contributed by atoms with van der Waals surface area (Å²) in [6, 6.07) is 1.38. The van der Waals surface area contributed by atoms with E-state index >= 15 is 0 Å². The summed E-state index contributed by atoms with van der Waals surface area (Å²) in [7, 11) is 3.12. The number of nitro groups is 1. The SMILES string of the molecule is CN(C)C(=O)CCNc1cc(C(=O)O)c(F)cc1[N+](=O)[O-]. The first-order valence-electron chi connectivity index (χ1n) is 5.89. The highest BCUT2D eigenvalue weighted by Gasteiger charge is 2.21. The summed E-state index contributed by atoms with van der Waals surface area (Å²) >= 11 is 0. The van der Waals surface area contributed by atoms with Gasteiger partial charge in [0.1, 0.15) is 11.5 Å². The van der Waals surface area contributed by atoms with Gasteiger partial charge >= 0.3 is 5.97 Å². The fourth-order valence-corrected chi connectivity index (χ4v) is 1.55. The molecule has 0 bridgehead atoms. The van der Waals surface area contributed by atoms with Gasteiger partial charge < -0.3 is 15.3 Å². The van der Waals surface area contributed by atoms with Crippen LogP contribution in [-0.4, -0.2) is 47.4 Å². The lowest BCUT2D eigenvalue weighted by Gasteiger charge is -2.12. The van der Waals surface area contributed by atoms with E-state index in [0.29, 0.717) is 6.07 Å². The van der Waals surface area contributed by atoms with Crippen LogP contribution in [0, 0.1) is 15.9 Å². The number of carbonyl (C=O) groups excluding carboxylic acids is 1. The second-order valence-corrected chi connectivity index (χ2v) is 4.38. The van der Waals surface area contributed by atoms with Crippen LogP contribution in [0.15, 0.2) is 12.1 Å². The molecule has 8 nitrogen and oxygen atoms in total. The predicted molar refractivity (Wildman–Crippen MR) is 71.8 cm³/mol. The maximum Gasteiger partial charge on any atom is 0.338 e. The molecule has 0 saturated heterocycles. The first kappa shape index (κ1) is 16.3. The zero-order valence-corrected chi connectivity index (χ0v) is 11.4. The van der Waals surface area contributed by atoms with Crippen molar-refractivity contribution in [3.05, 3.63) is 33.6 Å². The number of halogens is 1. The number of hydrogen-bond donors (Lipinski definition) is 2. The third-order valence-electron chi connectivity index (χ3n) is 2.67. The molecule has 0 aliphatic rings. The maximum atomic E-state index is 13.4. The van der Waals surface area contributed by atoms with E-state index in [4.69, 9.17) is 5.11 Å². The van der Waals surface area contributed by atoms with Crippen LogP contribution in [0.4, 0.5) is 15.8 Å². The van der Waals surface area contributed by atoms with Crippen LogP contribution < -0.4 is 5.32 Å². The average Bonchev–Trinajstić information content (AvgIpc) is 2.38. The van der Waals surface area contributed by atoms with Crippen LogP contribution in [0.3, 0.4) is 0 Å². The number of nitro benzene ring substituents is 1. The number of amides is 1. The molecule has 0 atom stereocenters. The normalized spacial score (nSPS) is 10.0. The Morgan fingerprint density at radius 3 is 2.52 bits per heavy atom. The van der Waals surface area contributed by atoms with Gasteiger partial charge in [-0.2, -0.15) is 0 Å². The molecule has 2 N–H and O–H groups in total. The van der Waals surface area contributed by atoms with Gasteiger partial charge in [-0.05, 0) is 6.07 Å². The number of nitrogens with zero attached hydrogens (tertiary/aromatic N) is 2. The Kier molecular flexibility index (Phi) is 5.17. The van der Waals surface area contributed by atoms with Crippen molar-refractivity contribution in [1.82, 2.24) is 4.90 Å². The molecule has 0 aromatic heterocycles. The van der Waals surface area contributed by atoms with Crippen molar-refractivity contribution in [3.8, 4) is 0 Å². The third-order valence-corrected chi connectivity index (χ3v) is 2.67.